The van der Waals surface area contributed by atoms with Gasteiger partial charge in [0.05, 0.1) is 0 Å². The molecule has 2 aliphatic carbocycles. The van der Waals surface area contributed by atoms with Crippen LogP contribution in [0.1, 0.15) is 72.6 Å². The second-order valence-corrected chi connectivity index (χ2v) is 18.0. The van der Waals surface area contributed by atoms with Gasteiger partial charge in [-0.15, -0.1) is 0 Å². The molecule has 0 saturated carbocycles. The van der Waals surface area contributed by atoms with Gasteiger partial charge in [-0.3, -0.25) is 0 Å². The van der Waals surface area contributed by atoms with Crippen molar-refractivity contribution >= 4 is 32.7 Å². The lowest BCUT2D eigenvalue weighted by atomic mass is 9.77. The van der Waals surface area contributed by atoms with E-state index in [1.165, 1.54) is 88.7 Å². The van der Waals surface area contributed by atoms with Crippen LogP contribution in [0.2, 0.25) is 0 Å². The van der Waals surface area contributed by atoms with Crippen LogP contribution in [0.4, 0.5) is 0 Å². The van der Waals surface area contributed by atoms with Crippen LogP contribution in [-0.4, -0.2) is 0 Å². The molecule has 2 aliphatic rings. The topological polar surface area (TPSA) is 13.1 Å². The number of hydrogen-bond donors (Lipinski definition) is 0. The average Bonchev–Trinajstić information content (AvgIpc) is 3.85. The average molecular weight is 769 g/mol. The van der Waals surface area contributed by atoms with Crippen molar-refractivity contribution in [3.63, 3.8) is 0 Å². The molecule has 1 heteroatoms. The van der Waals surface area contributed by atoms with Crippen LogP contribution < -0.4 is 0 Å². The van der Waals surface area contributed by atoms with E-state index >= 15 is 0 Å². The Bertz CT molecular complexity index is 3380. The molecule has 1 unspecified atom stereocenters. The second kappa shape index (κ2) is 12.8. The molecule has 0 amide bonds. The van der Waals surface area contributed by atoms with Gasteiger partial charge in [0.1, 0.15) is 11.2 Å². The first-order chi connectivity index (χ1) is 29.3. The highest BCUT2D eigenvalue weighted by atomic mass is 16.3. The van der Waals surface area contributed by atoms with E-state index in [0.717, 1.165) is 27.5 Å². The van der Waals surface area contributed by atoms with E-state index in [2.05, 4.69) is 216 Å². The summed E-state index contributed by atoms with van der Waals surface area (Å²) in [5.41, 5.74) is 20.9. The number of hydrogen-bond acceptors (Lipinski definition) is 1. The van der Waals surface area contributed by atoms with Gasteiger partial charge >= 0.3 is 0 Å². The fourth-order valence-electron chi connectivity index (χ4n) is 11.0. The van der Waals surface area contributed by atoms with Gasteiger partial charge in [-0.1, -0.05) is 204 Å². The fraction of sp³-hybridized carbons (Fsp3) is 0.119. The predicted octanol–water partition coefficient (Wildman–Crippen LogP) is 15.9. The molecule has 12 rings (SSSR count). The molecule has 60 heavy (non-hydrogen) atoms. The number of para-hydroxylation sites is 1. The van der Waals surface area contributed by atoms with Crippen LogP contribution in [-0.2, 0) is 10.8 Å². The zero-order chi connectivity index (χ0) is 40.3. The van der Waals surface area contributed by atoms with Crippen molar-refractivity contribution in [2.45, 2.75) is 44.4 Å². The van der Waals surface area contributed by atoms with Crippen molar-refractivity contribution in [2.75, 3.05) is 0 Å². The van der Waals surface area contributed by atoms with Gasteiger partial charge in [-0.05, 0) is 95.2 Å². The Hall–Kier alpha value is -6.96. The molecule has 0 saturated heterocycles. The molecule has 0 aliphatic heterocycles. The minimum atomic E-state index is -0.127. The summed E-state index contributed by atoms with van der Waals surface area (Å²) in [6.45, 7) is 9.47. The van der Waals surface area contributed by atoms with E-state index in [1.54, 1.807) is 0 Å². The van der Waals surface area contributed by atoms with E-state index in [1.807, 2.05) is 0 Å². The summed E-state index contributed by atoms with van der Waals surface area (Å²) >= 11 is 0. The molecule has 10 aromatic rings. The van der Waals surface area contributed by atoms with Crippen LogP contribution in [0, 0.1) is 0 Å². The summed E-state index contributed by atoms with van der Waals surface area (Å²) in [6, 6.07) is 69.9. The van der Waals surface area contributed by atoms with Crippen LogP contribution >= 0.6 is 0 Å². The van der Waals surface area contributed by atoms with Gasteiger partial charge in [-0.2, -0.15) is 0 Å². The van der Waals surface area contributed by atoms with Crippen LogP contribution in [0.5, 0.6) is 0 Å². The molecule has 0 bridgehead atoms. The Labute approximate surface area is 351 Å². The van der Waals surface area contributed by atoms with E-state index in [4.69, 9.17) is 4.42 Å². The molecule has 0 N–H and O–H groups in total. The smallest absolute Gasteiger partial charge is 0.143 e. The van der Waals surface area contributed by atoms with E-state index in [0.29, 0.717) is 0 Å². The largest absolute Gasteiger partial charge is 0.455 e. The SMILES string of the molecule is CC1(C)c2ccccc2-c2ccc(-c3c4ccccc4cc4c3oc3c(C(c5ccc6c(c5)C(C)(C)c5ccccc5-6)c5ccccc5-c5ccccc5)cccc34)cc21. The molecule has 1 nitrogen and oxygen atoms in total. The number of rotatable bonds is 5. The maximum absolute atomic E-state index is 7.46. The highest BCUT2D eigenvalue weighted by Crippen LogP contribution is 2.53. The Morgan fingerprint density at radius 3 is 1.68 bits per heavy atom. The Balaban J connectivity index is 1.13. The summed E-state index contributed by atoms with van der Waals surface area (Å²) in [6.07, 6.45) is 0. The minimum absolute atomic E-state index is 0.104. The zero-order valence-corrected chi connectivity index (χ0v) is 34.4. The first-order valence-electron chi connectivity index (χ1n) is 21.3. The van der Waals surface area contributed by atoms with E-state index in [9.17, 15) is 0 Å². The molecule has 0 spiro atoms. The Kier molecular flexibility index (Phi) is 7.45. The van der Waals surface area contributed by atoms with Crippen molar-refractivity contribution in [2.24, 2.45) is 0 Å². The second-order valence-electron chi connectivity index (χ2n) is 18.0. The van der Waals surface area contributed by atoms with Crippen molar-refractivity contribution in [3.8, 4) is 44.5 Å². The molecule has 0 radical (unpaired) electrons. The third kappa shape index (κ3) is 4.93. The number of benzene rings is 9. The fourth-order valence-corrected chi connectivity index (χ4v) is 11.0. The summed E-state index contributed by atoms with van der Waals surface area (Å²) in [5, 5.41) is 4.69. The van der Waals surface area contributed by atoms with Crippen molar-refractivity contribution in [1.29, 1.82) is 0 Å². The number of fused-ring (bicyclic) bond motifs is 10. The highest BCUT2D eigenvalue weighted by Gasteiger charge is 2.38. The highest BCUT2D eigenvalue weighted by molar-refractivity contribution is 6.19. The minimum Gasteiger partial charge on any atom is -0.455 e. The molecular weight excluding hydrogens is 725 g/mol. The van der Waals surface area contributed by atoms with Gasteiger partial charge in [0.15, 0.2) is 0 Å². The van der Waals surface area contributed by atoms with Crippen LogP contribution in [0.3, 0.4) is 0 Å². The predicted molar refractivity (Wildman–Crippen MR) is 251 cm³/mol. The van der Waals surface area contributed by atoms with Crippen molar-refractivity contribution in [1.82, 2.24) is 0 Å². The van der Waals surface area contributed by atoms with Crippen LogP contribution in [0.15, 0.2) is 192 Å². The Morgan fingerprint density at radius 2 is 0.933 bits per heavy atom. The van der Waals surface area contributed by atoms with Gasteiger partial charge < -0.3 is 4.42 Å². The van der Waals surface area contributed by atoms with E-state index < -0.39 is 0 Å². The van der Waals surface area contributed by atoms with Gasteiger partial charge in [0.2, 0.25) is 0 Å². The number of furan rings is 1. The third-order valence-electron chi connectivity index (χ3n) is 14.0. The molecule has 1 aromatic heterocycles. The molecule has 1 heterocycles. The lowest BCUT2D eigenvalue weighted by Gasteiger charge is -2.26. The first-order valence-corrected chi connectivity index (χ1v) is 21.3. The monoisotopic (exact) mass is 768 g/mol. The standard InChI is InChI=1S/C59H44O/c1-58(2)50-27-14-12-22-42(50)44-31-29-38(34-52(44)58)54(46-24-11-10-20-40(46)36-17-6-5-7-18-36)48-26-16-25-47-49-33-37-19-8-9-21-41(37)55(57(49)60-56(47)48)39-30-32-45-43-23-13-15-28-51(43)59(3,4)53(45)35-39/h5-35,54H,1-4H3. The van der Waals surface area contributed by atoms with Crippen molar-refractivity contribution in [3.05, 3.63) is 227 Å². The van der Waals surface area contributed by atoms with Gasteiger partial charge in [0.25, 0.3) is 0 Å². The van der Waals surface area contributed by atoms with Gasteiger partial charge in [0, 0.05) is 38.6 Å². The summed E-state index contributed by atoms with van der Waals surface area (Å²) in [5.74, 6) is -0.104. The van der Waals surface area contributed by atoms with Crippen molar-refractivity contribution < 1.29 is 4.42 Å². The molecule has 0 fully saturated rings. The normalized spacial score (nSPS) is 14.9. The first kappa shape index (κ1) is 35.0. The molecular formula is C59H44O. The quantitative estimate of drug-likeness (QED) is 0.159. The summed E-state index contributed by atoms with van der Waals surface area (Å²) in [7, 11) is 0. The maximum atomic E-state index is 7.46. The lowest BCUT2D eigenvalue weighted by Crippen LogP contribution is -2.16. The zero-order valence-electron chi connectivity index (χ0n) is 34.4. The third-order valence-corrected chi connectivity index (χ3v) is 14.0. The molecule has 286 valence electrons. The summed E-state index contributed by atoms with van der Waals surface area (Å²) < 4.78 is 7.46. The van der Waals surface area contributed by atoms with E-state index in [-0.39, 0.29) is 16.7 Å². The van der Waals surface area contributed by atoms with Gasteiger partial charge in [-0.25, -0.2) is 0 Å². The summed E-state index contributed by atoms with van der Waals surface area (Å²) in [4.78, 5) is 0. The Morgan fingerprint density at radius 1 is 0.367 bits per heavy atom. The van der Waals surface area contributed by atoms with Crippen LogP contribution in [0.25, 0.3) is 77.2 Å². The lowest BCUT2D eigenvalue weighted by molar-refractivity contribution is 0.656. The molecule has 9 aromatic carbocycles. The molecule has 1 atom stereocenters. The maximum Gasteiger partial charge on any atom is 0.143 e.